The predicted octanol–water partition coefficient (Wildman–Crippen LogP) is 2.82. The van der Waals surface area contributed by atoms with E-state index in [-0.39, 0.29) is 12.1 Å². The summed E-state index contributed by atoms with van der Waals surface area (Å²) in [6.07, 6.45) is -1.10. The summed E-state index contributed by atoms with van der Waals surface area (Å²) in [5.74, 6) is 0.156. The number of anilines is 1. The molecule has 0 saturated carbocycles. The highest BCUT2D eigenvalue weighted by Crippen LogP contribution is 2.22. The summed E-state index contributed by atoms with van der Waals surface area (Å²) in [5, 5.41) is 0. The van der Waals surface area contributed by atoms with E-state index in [1.807, 2.05) is 39.6 Å². The van der Waals surface area contributed by atoms with E-state index in [0.29, 0.717) is 0 Å². The molecule has 18 heavy (non-hydrogen) atoms. The SMILES string of the molecule is Cc1cc(C)cc(N(C)C(OC(N)=O)C(C)C)c1. The maximum atomic E-state index is 11.0. The largest absolute Gasteiger partial charge is 0.425 e. The van der Waals surface area contributed by atoms with Gasteiger partial charge in [0.05, 0.1) is 0 Å². The fourth-order valence-corrected chi connectivity index (χ4v) is 2.08. The van der Waals surface area contributed by atoms with Crippen molar-refractivity contribution in [1.29, 1.82) is 0 Å². The quantitative estimate of drug-likeness (QED) is 0.836. The number of aryl methyl sites for hydroxylation is 2. The van der Waals surface area contributed by atoms with Crippen molar-refractivity contribution in [1.82, 2.24) is 0 Å². The summed E-state index contributed by atoms with van der Waals surface area (Å²) in [7, 11) is 1.90. The van der Waals surface area contributed by atoms with Crippen molar-refractivity contribution < 1.29 is 9.53 Å². The van der Waals surface area contributed by atoms with Crippen LogP contribution in [0.1, 0.15) is 25.0 Å². The minimum atomic E-state index is -0.745. The summed E-state index contributed by atoms with van der Waals surface area (Å²) < 4.78 is 5.17. The van der Waals surface area contributed by atoms with E-state index in [0.717, 1.165) is 5.69 Å². The van der Waals surface area contributed by atoms with Gasteiger partial charge in [0.2, 0.25) is 0 Å². The molecule has 1 amide bonds. The second-order valence-electron chi connectivity index (χ2n) is 5.03. The Morgan fingerprint density at radius 2 is 1.72 bits per heavy atom. The predicted molar refractivity (Wildman–Crippen MR) is 73.6 cm³/mol. The number of ether oxygens (including phenoxy) is 1. The third-order valence-corrected chi connectivity index (χ3v) is 2.80. The van der Waals surface area contributed by atoms with E-state index in [1.165, 1.54) is 11.1 Å². The average Bonchev–Trinajstić information content (AvgIpc) is 2.23. The number of rotatable bonds is 4. The normalized spacial score (nSPS) is 12.3. The fourth-order valence-electron chi connectivity index (χ4n) is 2.08. The van der Waals surface area contributed by atoms with Crippen molar-refractivity contribution in [2.45, 2.75) is 33.9 Å². The smallest absolute Gasteiger partial charge is 0.406 e. The van der Waals surface area contributed by atoms with E-state index in [1.54, 1.807) is 0 Å². The van der Waals surface area contributed by atoms with Crippen LogP contribution in [0, 0.1) is 19.8 Å². The molecule has 2 N–H and O–H groups in total. The Labute approximate surface area is 109 Å². The monoisotopic (exact) mass is 250 g/mol. The topological polar surface area (TPSA) is 55.6 Å². The van der Waals surface area contributed by atoms with E-state index in [9.17, 15) is 4.79 Å². The van der Waals surface area contributed by atoms with Crippen LogP contribution in [0.2, 0.25) is 0 Å². The van der Waals surface area contributed by atoms with Gasteiger partial charge in [0.1, 0.15) is 0 Å². The first kappa shape index (κ1) is 14.4. The highest BCUT2D eigenvalue weighted by Gasteiger charge is 2.22. The summed E-state index contributed by atoms with van der Waals surface area (Å²) in [6, 6.07) is 6.23. The van der Waals surface area contributed by atoms with E-state index >= 15 is 0 Å². The lowest BCUT2D eigenvalue weighted by Crippen LogP contribution is -2.41. The summed E-state index contributed by atoms with van der Waals surface area (Å²) >= 11 is 0. The number of benzene rings is 1. The number of carbonyl (C=O) groups excluding carboxylic acids is 1. The number of amides is 1. The van der Waals surface area contributed by atoms with Crippen LogP contribution in [-0.4, -0.2) is 19.4 Å². The average molecular weight is 250 g/mol. The lowest BCUT2D eigenvalue weighted by atomic mass is 10.1. The molecule has 1 atom stereocenters. The molecule has 100 valence electrons. The van der Waals surface area contributed by atoms with E-state index < -0.39 is 6.09 Å². The zero-order valence-corrected chi connectivity index (χ0v) is 11.7. The van der Waals surface area contributed by atoms with Crippen molar-refractivity contribution in [2.75, 3.05) is 11.9 Å². The third-order valence-electron chi connectivity index (χ3n) is 2.80. The second-order valence-corrected chi connectivity index (χ2v) is 5.03. The highest BCUT2D eigenvalue weighted by atomic mass is 16.6. The minimum absolute atomic E-state index is 0.156. The molecule has 1 aromatic carbocycles. The van der Waals surface area contributed by atoms with Gasteiger partial charge in [-0.25, -0.2) is 4.79 Å². The first-order valence-electron chi connectivity index (χ1n) is 6.08. The van der Waals surface area contributed by atoms with Crippen LogP contribution >= 0.6 is 0 Å². The van der Waals surface area contributed by atoms with Crippen LogP contribution in [0.15, 0.2) is 18.2 Å². The zero-order chi connectivity index (χ0) is 13.9. The van der Waals surface area contributed by atoms with Crippen molar-refractivity contribution in [3.8, 4) is 0 Å². The Hall–Kier alpha value is -1.71. The first-order chi connectivity index (χ1) is 8.31. The zero-order valence-electron chi connectivity index (χ0n) is 11.7. The molecule has 1 aromatic rings. The van der Waals surface area contributed by atoms with Crippen molar-refractivity contribution in [3.63, 3.8) is 0 Å². The molecule has 4 heteroatoms. The van der Waals surface area contributed by atoms with E-state index in [4.69, 9.17) is 10.5 Å². The Morgan fingerprint density at radius 1 is 1.22 bits per heavy atom. The Bertz CT molecular complexity index is 410. The van der Waals surface area contributed by atoms with Crippen LogP contribution in [0.5, 0.6) is 0 Å². The van der Waals surface area contributed by atoms with Crippen molar-refractivity contribution >= 4 is 11.8 Å². The van der Waals surface area contributed by atoms with Crippen LogP contribution in [0.4, 0.5) is 10.5 Å². The lowest BCUT2D eigenvalue weighted by Gasteiger charge is -2.32. The van der Waals surface area contributed by atoms with Gasteiger partial charge in [-0.1, -0.05) is 19.9 Å². The molecule has 1 rings (SSSR count). The third kappa shape index (κ3) is 3.65. The lowest BCUT2D eigenvalue weighted by molar-refractivity contribution is 0.0791. The first-order valence-corrected chi connectivity index (χ1v) is 6.08. The molecule has 0 aromatic heterocycles. The van der Waals surface area contributed by atoms with Crippen LogP contribution in [0.25, 0.3) is 0 Å². The van der Waals surface area contributed by atoms with Crippen LogP contribution in [-0.2, 0) is 4.74 Å². The number of hydrogen-bond donors (Lipinski definition) is 1. The number of hydrogen-bond acceptors (Lipinski definition) is 3. The summed E-state index contributed by atoms with van der Waals surface area (Å²) in [5.41, 5.74) is 8.50. The van der Waals surface area contributed by atoms with Gasteiger partial charge in [-0.2, -0.15) is 0 Å². The molecular weight excluding hydrogens is 228 g/mol. The molecule has 0 bridgehead atoms. The standard InChI is InChI=1S/C14H22N2O2/c1-9(2)13(18-14(15)17)16(5)12-7-10(3)6-11(4)8-12/h6-9,13H,1-5H3,(H2,15,17). The molecule has 0 aliphatic rings. The second kappa shape index (κ2) is 5.76. The van der Waals surface area contributed by atoms with Gasteiger partial charge in [-0.05, 0) is 37.1 Å². The van der Waals surface area contributed by atoms with Gasteiger partial charge < -0.3 is 15.4 Å². The summed E-state index contributed by atoms with van der Waals surface area (Å²) in [4.78, 5) is 12.9. The maximum Gasteiger partial charge on any atom is 0.406 e. The Morgan fingerprint density at radius 3 is 2.11 bits per heavy atom. The molecule has 0 aliphatic heterocycles. The molecule has 0 saturated heterocycles. The molecule has 0 heterocycles. The Kier molecular flexibility index (Phi) is 4.59. The molecule has 0 aliphatic carbocycles. The molecular formula is C14H22N2O2. The van der Waals surface area contributed by atoms with Gasteiger partial charge in [0.25, 0.3) is 0 Å². The number of carbonyl (C=O) groups is 1. The molecule has 0 radical (unpaired) electrons. The van der Waals surface area contributed by atoms with Crippen molar-refractivity contribution in [3.05, 3.63) is 29.3 Å². The van der Waals surface area contributed by atoms with Crippen LogP contribution in [0.3, 0.4) is 0 Å². The van der Waals surface area contributed by atoms with Crippen LogP contribution < -0.4 is 10.6 Å². The fraction of sp³-hybridized carbons (Fsp3) is 0.500. The minimum Gasteiger partial charge on any atom is -0.425 e. The molecule has 0 spiro atoms. The highest BCUT2D eigenvalue weighted by molar-refractivity contribution is 5.65. The van der Waals surface area contributed by atoms with Gasteiger partial charge in [0, 0.05) is 18.7 Å². The van der Waals surface area contributed by atoms with E-state index in [2.05, 4.69) is 18.2 Å². The number of primary amides is 1. The maximum absolute atomic E-state index is 11.0. The van der Waals surface area contributed by atoms with Gasteiger partial charge >= 0.3 is 6.09 Å². The molecule has 4 nitrogen and oxygen atoms in total. The molecule has 0 fully saturated rings. The number of nitrogens with zero attached hydrogens (tertiary/aromatic N) is 1. The Balaban J connectivity index is 3.01. The molecule has 1 unspecified atom stereocenters. The van der Waals surface area contributed by atoms with Gasteiger partial charge in [-0.15, -0.1) is 0 Å². The van der Waals surface area contributed by atoms with Gasteiger partial charge in [0.15, 0.2) is 6.23 Å². The number of nitrogens with two attached hydrogens (primary N) is 1. The van der Waals surface area contributed by atoms with Gasteiger partial charge in [-0.3, -0.25) is 0 Å². The van der Waals surface area contributed by atoms with Crippen molar-refractivity contribution in [2.24, 2.45) is 11.7 Å². The summed E-state index contributed by atoms with van der Waals surface area (Å²) in [6.45, 7) is 8.08.